The third kappa shape index (κ3) is 10.7. The number of carbonyl (C=O) groups excluding carboxylic acids is 1. The topological polar surface area (TPSA) is 63.6 Å². The van der Waals surface area contributed by atoms with Crippen molar-refractivity contribution in [1.29, 1.82) is 0 Å². The Labute approximate surface area is 246 Å². The molecule has 0 saturated heterocycles. The van der Waals surface area contributed by atoms with Crippen LogP contribution in [-0.2, 0) is 14.3 Å². The number of fused-ring (bicyclic) bond motifs is 1. The molecule has 2 saturated carbocycles. The summed E-state index contributed by atoms with van der Waals surface area (Å²) < 4.78 is 5.49. The molecule has 0 aromatic carbocycles. The minimum absolute atomic E-state index is 0.00134. The van der Waals surface area contributed by atoms with Gasteiger partial charge in [0.2, 0.25) is 0 Å². The molecule has 4 heteroatoms. The summed E-state index contributed by atoms with van der Waals surface area (Å²) >= 11 is 0. The largest absolute Gasteiger partial charge is 0.481 e. The number of carboxylic acids is 1. The van der Waals surface area contributed by atoms with Crippen LogP contribution in [0.1, 0.15) is 163 Å². The predicted octanol–water partition coefficient (Wildman–Crippen LogP) is 10.6. The monoisotopic (exact) mass is 558 g/mol. The van der Waals surface area contributed by atoms with Crippen LogP contribution in [0.25, 0.3) is 0 Å². The number of carboxylic acid groups (broad SMARTS) is 1. The number of hydrogen-bond donors (Lipinski definition) is 1. The SMILES string of the molecule is C=C1CC[C@@H]2[C@](C)(CCC[C@]2(C)C(=O)O)[C@H]1CC/C(C)=C/COC(=O)CCCCCCCCCCCCCCC. The molecule has 0 amide bonds. The first-order chi connectivity index (χ1) is 19.1. The molecule has 2 aliphatic carbocycles. The second-order valence-electron chi connectivity index (χ2n) is 13.6. The summed E-state index contributed by atoms with van der Waals surface area (Å²) in [4.78, 5) is 24.4. The summed E-state index contributed by atoms with van der Waals surface area (Å²) in [7, 11) is 0. The third-order valence-electron chi connectivity index (χ3n) is 10.5. The Morgan fingerprint density at radius 1 is 0.925 bits per heavy atom. The summed E-state index contributed by atoms with van der Waals surface area (Å²) in [5.41, 5.74) is 1.91. The van der Waals surface area contributed by atoms with Crippen molar-refractivity contribution in [3.8, 4) is 0 Å². The van der Waals surface area contributed by atoms with Crippen molar-refractivity contribution in [2.75, 3.05) is 6.61 Å². The normalized spacial score (nSPS) is 26.9. The van der Waals surface area contributed by atoms with Gasteiger partial charge in [-0.15, -0.1) is 0 Å². The highest BCUT2D eigenvalue weighted by Crippen LogP contribution is 2.62. The van der Waals surface area contributed by atoms with Crippen LogP contribution in [0.5, 0.6) is 0 Å². The van der Waals surface area contributed by atoms with E-state index in [0.29, 0.717) is 18.9 Å². The van der Waals surface area contributed by atoms with Gasteiger partial charge in [0.05, 0.1) is 5.41 Å². The van der Waals surface area contributed by atoms with Crippen LogP contribution < -0.4 is 0 Å². The molecule has 0 radical (unpaired) electrons. The van der Waals surface area contributed by atoms with Crippen molar-refractivity contribution in [3.63, 3.8) is 0 Å². The Morgan fingerprint density at radius 2 is 1.50 bits per heavy atom. The molecule has 0 bridgehead atoms. The van der Waals surface area contributed by atoms with E-state index in [0.717, 1.165) is 57.8 Å². The molecule has 1 N–H and O–H groups in total. The van der Waals surface area contributed by atoms with Gasteiger partial charge in [0.15, 0.2) is 0 Å². The molecule has 4 atom stereocenters. The number of allylic oxidation sites excluding steroid dienone is 2. The molecule has 40 heavy (non-hydrogen) atoms. The zero-order chi connectivity index (χ0) is 29.4. The van der Waals surface area contributed by atoms with Crippen molar-refractivity contribution in [2.24, 2.45) is 22.7 Å². The third-order valence-corrected chi connectivity index (χ3v) is 10.5. The molecule has 230 valence electrons. The zero-order valence-electron chi connectivity index (χ0n) is 26.7. The molecule has 0 aliphatic heterocycles. The molecule has 2 rings (SSSR count). The Balaban J connectivity index is 1.59. The molecule has 2 aliphatic rings. The first-order valence-corrected chi connectivity index (χ1v) is 16.9. The van der Waals surface area contributed by atoms with Crippen LogP contribution in [-0.4, -0.2) is 23.7 Å². The molecule has 0 aromatic rings. The second kappa shape index (κ2) is 18.1. The number of carbonyl (C=O) groups is 2. The standard InChI is InChI=1S/C36H62O4/c1-6-7-8-9-10-11-12-13-14-15-16-17-18-20-33(37)40-28-25-29(2)21-23-31-30(3)22-24-32-35(31,4)26-19-27-36(32,5)34(38)39/h25,31-32H,3,6-24,26-28H2,1-2,4-5H3,(H,38,39)/b29-25+/t31-,32+,35+,36-/m0/s1. The average molecular weight is 559 g/mol. The van der Waals surface area contributed by atoms with Gasteiger partial charge in [-0.3, -0.25) is 9.59 Å². The van der Waals surface area contributed by atoms with Crippen LogP contribution in [0.15, 0.2) is 23.8 Å². The number of aliphatic carboxylic acids is 1. The molecular formula is C36H62O4. The molecule has 0 aromatic heterocycles. The maximum atomic E-state index is 12.2. The summed E-state index contributed by atoms with van der Waals surface area (Å²) in [6, 6.07) is 0. The van der Waals surface area contributed by atoms with Crippen molar-refractivity contribution in [3.05, 3.63) is 23.8 Å². The molecule has 2 fully saturated rings. The summed E-state index contributed by atoms with van der Waals surface area (Å²) in [5, 5.41) is 10.0. The first kappa shape index (κ1) is 34.6. The van der Waals surface area contributed by atoms with Gasteiger partial charge in [-0.05, 0) is 82.1 Å². The smallest absolute Gasteiger partial charge is 0.309 e. The predicted molar refractivity (Wildman–Crippen MR) is 167 cm³/mol. The van der Waals surface area contributed by atoms with Gasteiger partial charge in [-0.1, -0.05) is 115 Å². The van der Waals surface area contributed by atoms with Gasteiger partial charge < -0.3 is 9.84 Å². The van der Waals surface area contributed by atoms with Gasteiger partial charge in [-0.25, -0.2) is 0 Å². The number of rotatable bonds is 20. The number of unbranched alkanes of at least 4 members (excludes halogenated alkanes) is 12. The Bertz CT molecular complexity index is 814. The van der Waals surface area contributed by atoms with E-state index in [9.17, 15) is 14.7 Å². The minimum Gasteiger partial charge on any atom is -0.481 e. The summed E-state index contributed by atoms with van der Waals surface area (Å²) in [5.74, 6) is -0.159. The van der Waals surface area contributed by atoms with Crippen molar-refractivity contribution >= 4 is 11.9 Å². The van der Waals surface area contributed by atoms with Gasteiger partial charge in [0.25, 0.3) is 0 Å². The van der Waals surface area contributed by atoms with Gasteiger partial charge in [0, 0.05) is 6.42 Å². The fraction of sp³-hybridized carbons (Fsp3) is 0.833. The first-order valence-electron chi connectivity index (χ1n) is 16.9. The maximum Gasteiger partial charge on any atom is 0.309 e. The summed E-state index contributed by atoms with van der Waals surface area (Å²) in [6.07, 6.45) is 26.2. The van der Waals surface area contributed by atoms with Crippen molar-refractivity contribution in [2.45, 2.75) is 163 Å². The van der Waals surface area contributed by atoms with E-state index in [1.807, 2.05) is 6.92 Å². The Hall–Kier alpha value is -1.58. The molecule has 0 unspecified atom stereocenters. The van der Waals surface area contributed by atoms with E-state index in [2.05, 4.69) is 33.4 Å². The second-order valence-corrected chi connectivity index (χ2v) is 13.6. The highest BCUT2D eigenvalue weighted by atomic mass is 16.5. The molecule has 0 heterocycles. The number of esters is 1. The van der Waals surface area contributed by atoms with Gasteiger partial charge >= 0.3 is 11.9 Å². The van der Waals surface area contributed by atoms with E-state index in [1.165, 1.54) is 81.8 Å². The number of hydrogen-bond acceptors (Lipinski definition) is 3. The highest BCUT2D eigenvalue weighted by molar-refractivity contribution is 5.75. The van der Waals surface area contributed by atoms with Gasteiger partial charge in [-0.2, -0.15) is 0 Å². The fourth-order valence-electron chi connectivity index (χ4n) is 7.85. The number of ether oxygens (including phenoxy) is 1. The quantitative estimate of drug-likeness (QED) is 0.0917. The lowest BCUT2D eigenvalue weighted by Crippen LogP contribution is -2.53. The van der Waals surface area contributed by atoms with Gasteiger partial charge in [0.1, 0.15) is 6.61 Å². The Kier molecular flexibility index (Phi) is 15.6. The van der Waals surface area contributed by atoms with Crippen molar-refractivity contribution in [1.82, 2.24) is 0 Å². The van der Waals surface area contributed by atoms with E-state index in [-0.39, 0.29) is 17.3 Å². The van der Waals surface area contributed by atoms with Crippen molar-refractivity contribution < 1.29 is 19.4 Å². The zero-order valence-corrected chi connectivity index (χ0v) is 26.7. The highest BCUT2D eigenvalue weighted by Gasteiger charge is 2.57. The summed E-state index contributed by atoms with van der Waals surface area (Å²) in [6.45, 7) is 13.5. The lowest BCUT2D eigenvalue weighted by molar-refractivity contribution is -0.164. The lowest BCUT2D eigenvalue weighted by atomic mass is 9.46. The average Bonchev–Trinajstić information content (AvgIpc) is 2.90. The van der Waals surface area contributed by atoms with Crippen LogP contribution in [0.4, 0.5) is 0 Å². The van der Waals surface area contributed by atoms with Crippen LogP contribution in [0.2, 0.25) is 0 Å². The van der Waals surface area contributed by atoms with Crippen LogP contribution in [0.3, 0.4) is 0 Å². The Morgan fingerprint density at radius 3 is 2.08 bits per heavy atom. The van der Waals surface area contributed by atoms with Crippen LogP contribution in [0, 0.1) is 22.7 Å². The lowest BCUT2D eigenvalue weighted by Gasteiger charge is -2.57. The minimum atomic E-state index is -0.633. The molecule has 0 spiro atoms. The maximum absolute atomic E-state index is 12.2. The molecular weight excluding hydrogens is 496 g/mol. The van der Waals surface area contributed by atoms with E-state index in [1.54, 1.807) is 0 Å². The van der Waals surface area contributed by atoms with E-state index < -0.39 is 11.4 Å². The molecule has 4 nitrogen and oxygen atoms in total. The van der Waals surface area contributed by atoms with Crippen LogP contribution >= 0.6 is 0 Å². The fourth-order valence-corrected chi connectivity index (χ4v) is 7.85. The van der Waals surface area contributed by atoms with E-state index >= 15 is 0 Å². The van der Waals surface area contributed by atoms with E-state index in [4.69, 9.17) is 4.74 Å².